The quantitative estimate of drug-likeness (QED) is 0.520. The molecular formula is C5H8N2O. The number of aromatic nitrogens is 2. The van der Waals surface area contributed by atoms with Gasteiger partial charge in [0.2, 0.25) is 0 Å². The van der Waals surface area contributed by atoms with Crippen LogP contribution in [0.15, 0.2) is 12.3 Å². The van der Waals surface area contributed by atoms with Crippen molar-refractivity contribution in [3.63, 3.8) is 0 Å². The maximum Gasteiger partial charge on any atom is 0.106 e. The molecule has 0 bridgehead atoms. The first-order valence-electron chi connectivity index (χ1n) is 2.39. The van der Waals surface area contributed by atoms with E-state index in [-0.39, 0.29) is 0 Å². The lowest BCUT2D eigenvalue weighted by Crippen LogP contribution is -2.05. The van der Waals surface area contributed by atoms with Crippen molar-refractivity contribution in [2.24, 2.45) is 0 Å². The Morgan fingerprint density at radius 2 is 2.50 bits per heavy atom. The van der Waals surface area contributed by atoms with Crippen LogP contribution in [0, 0.1) is 6.92 Å². The molecule has 8 heavy (non-hydrogen) atoms. The molecule has 44 valence electrons. The summed E-state index contributed by atoms with van der Waals surface area (Å²) in [7, 11) is 1.58. The van der Waals surface area contributed by atoms with Gasteiger partial charge >= 0.3 is 0 Å². The maximum absolute atomic E-state index is 4.74. The number of rotatable bonds is 1. The molecule has 0 N–H and O–H groups in total. The molecule has 3 heteroatoms. The highest BCUT2D eigenvalue weighted by atomic mass is 16.7. The SMILES string of the molecule is COn1ccc(C)n1. The van der Waals surface area contributed by atoms with E-state index in [1.165, 1.54) is 4.85 Å². The van der Waals surface area contributed by atoms with E-state index in [4.69, 9.17) is 4.84 Å². The molecule has 0 saturated carbocycles. The number of hydrogen-bond acceptors (Lipinski definition) is 2. The second-order valence-electron chi connectivity index (χ2n) is 1.54. The van der Waals surface area contributed by atoms with Crippen LogP contribution >= 0.6 is 0 Å². The summed E-state index contributed by atoms with van der Waals surface area (Å²) in [5, 5.41) is 3.92. The van der Waals surface area contributed by atoms with E-state index in [1.807, 2.05) is 13.0 Å². The Balaban J connectivity index is 2.84. The molecule has 0 radical (unpaired) electrons. The summed E-state index contributed by atoms with van der Waals surface area (Å²) in [6.07, 6.45) is 1.76. The highest BCUT2D eigenvalue weighted by molar-refractivity contribution is 4.93. The molecule has 0 aromatic carbocycles. The van der Waals surface area contributed by atoms with Gasteiger partial charge in [0.1, 0.15) is 7.11 Å². The van der Waals surface area contributed by atoms with Crippen molar-refractivity contribution in [1.29, 1.82) is 0 Å². The summed E-state index contributed by atoms with van der Waals surface area (Å²) in [6, 6.07) is 1.88. The van der Waals surface area contributed by atoms with E-state index in [2.05, 4.69) is 5.10 Å². The van der Waals surface area contributed by atoms with Crippen LogP contribution in [-0.4, -0.2) is 17.1 Å². The van der Waals surface area contributed by atoms with E-state index in [0.29, 0.717) is 0 Å². The third-order valence-electron chi connectivity index (χ3n) is 0.887. The van der Waals surface area contributed by atoms with Gasteiger partial charge in [0.25, 0.3) is 0 Å². The average molecular weight is 112 g/mol. The molecule has 0 fully saturated rings. The van der Waals surface area contributed by atoms with Gasteiger partial charge in [-0.15, -0.1) is 9.94 Å². The second-order valence-corrected chi connectivity index (χ2v) is 1.54. The molecule has 0 amide bonds. The van der Waals surface area contributed by atoms with Crippen molar-refractivity contribution < 1.29 is 4.84 Å². The van der Waals surface area contributed by atoms with Crippen LogP contribution in [0.2, 0.25) is 0 Å². The molecule has 1 rings (SSSR count). The van der Waals surface area contributed by atoms with E-state index in [1.54, 1.807) is 13.3 Å². The normalized spacial score (nSPS) is 9.25. The van der Waals surface area contributed by atoms with Gasteiger partial charge in [-0.3, -0.25) is 0 Å². The Kier molecular flexibility index (Phi) is 1.20. The summed E-state index contributed by atoms with van der Waals surface area (Å²) >= 11 is 0. The maximum atomic E-state index is 4.74. The van der Waals surface area contributed by atoms with Gasteiger partial charge in [0, 0.05) is 0 Å². The monoisotopic (exact) mass is 112 g/mol. The Bertz CT molecular complexity index is 171. The Labute approximate surface area is 47.8 Å². The third-order valence-corrected chi connectivity index (χ3v) is 0.887. The van der Waals surface area contributed by atoms with Crippen molar-refractivity contribution in [2.75, 3.05) is 7.11 Å². The summed E-state index contributed by atoms with van der Waals surface area (Å²) in [5.74, 6) is 0. The highest BCUT2D eigenvalue weighted by Gasteiger charge is 1.87. The van der Waals surface area contributed by atoms with Crippen LogP contribution in [0.3, 0.4) is 0 Å². The smallest absolute Gasteiger partial charge is 0.106 e. The Morgan fingerprint density at radius 3 is 2.75 bits per heavy atom. The predicted octanol–water partition coefficient (Wildman–Crippen LogP) is 0.250. The minimum atomic E-state index is 0.965. The fourth-order valence-electron chi connectivity index (χ4n) is 0.495. The summed E-state index contributed by atoms with van der Waals surface area (Å²) in [5.41, 5.74) is 0.965. The van der Waals surface area contributed by atoms with E-state index < -0.39 is 0 Å². The summed E-state index contributed by atoms with van der Waals surface area (Å²) in [4.78, 5) is 6.15. The standard InChI is InChI=1S/C5H8N2O/c1-5-3-4-7(6-5)8-2/h3-4H,1-2H3. The van der Waals surface area contributed by atoms with Crippen LogP contribution < -0.4 is 4.84 Å². The van der Waals surface area contributed by atoms with Crippen LogP contribution in [0.5, 0.6) is 0 Å². The largest absolute Gasteiger partial charge is 0.400 e. The molecule has 1 aromatic rings. The average Bonchev–Trinajstić information content (AvgIpc) is 2.14. The lowest BCUT2D eigenvalue weighted by molar-refractivity contribution is 0.133. The van der Waals surface area contributed by atoms with Gasteiger partial charge in [-0.05, 0) is 13.0 Å². The minimum absolute atomic E-state index is 0.965. The summed E-state index contributed by atoms with van der Waals surface area (Å²) in [6.45, 7) is 1.91. The molecule has 0 saturated heterocycles. The van der Waals surface area contributed by atoms with Crippen molar-refractivity contribution in [2.45, 2.75) is 6.92 Å². The van der Waals surface area contributed by atoms with Crippen molar-refractivity contribution in [1.82, 2.24) is 9.94 Å². The highest BCUT2D eigenvalue weighted by Crippen LogP contribution is 1.87. The first-order chi connectivity index (χ1) is 3.83. The van der Waals surface area contributed by atoms with E-state index in [0.717, 1.165) is 5.69 Å². The zero-order valence-electron chi connectivity index (χ0n) is 4.96. The Hall–Kier alpha value is -0.990. The first kappa shape index (κ1) is 5.15. The molecular weight excluding hydrogens is 104 g/mol. The molecule has 0 unspecified atom stereocenters. The number of aryl methyl sites for hydroxylation is 1. The summed E-state index contributed by atoms with van der Waals surface area (Å²) < 4.78 is 0. The topological polar surface area (TPSA) is 27.1 Å². The lowest BCUT2D eigenvalue weighted by atomic mass is 10.5. The zero-order valence-corrected chi connectivity index (χ0v) is 4.96. The molecule has 1 heterocycles. The lowest BCUT2D eigenvalue weighted by Gasteiger charge is -1.92. The van der Waals surface area contributed by atoms with E-state index >= 15 is 0 Å². The van der Waals surface area contributed by atoms with Gasteiger partial charge in [0.05, 0.1) is 11.9 Å². The van der Waals surface area contributed by atoms with Crippen LogP contribution in [0.4, 0.5) is 0 Å². The van der Waals surface area contributed by atoms with Crippen LogP contribution in [0.25, 0.3) is 0 Å². The molecule has 0 atom stereocenters. The first-order valence-corrected chi connectivity index (χ1v) is 2.39. The molecule has 0 aliphatic carbocycles. The second kappa shape index (κ2) is 1.86. The van der Waals surface area contributed by atoms with Gasteiger partial charge in [0.15, 0.2) is 0 Å². The van der Waals surface area contributed by atoms with Crippen molar-refractivity contribution >= 4 is 0 Å². The predicted molar refractivity (Wildman–Crippen MR) is 29.5 cm³/mol. The van der Waals surface area contributed by atoms with Crippen molar-refractivity contribution in [3.8, 4) is 0 Å². The van der Waals surface area contributed by atoms with Gasteiger partial charge in [-0.2, -0.15) is 0 Å². The van der Waals surface area contributed by atoms with Crippen molar-refractivity contribution in [3.05, 3.63) is 18.0 Å². The van der Waals surface area contributed by atoms with Gasteiger partial charge < -0.3 is 4.84 Å². The molecule has 3 nitrogen and oxygen atoms in total. The number of nitrogens with zero attached hydrogens (tertiary/aromatic N) is 2. The van der Waals surface area contributed by atoms with E-state index in [9.17, 15) is 0 Å². The Morgan fingerprint density at radius 1 is 1.75 bits per heavy atom. The molecule has 0 aliphatic heterocycles. The molecule has 0 aliphatic rings. The fourth-order valence-corrected chi connectivity index (χ4v) is 0.495. The third kappa shape index (κ3) is 0.804. The van der Waals surface area contributed by atoms with Crippen LogP contribution in [0.1, 0.15) is 5.69 Å². The van der Waals surface area contributed by atoms with Gasteiger partial charge in [-0.1, -0.05) is 0 Å². The fraction of sp³-hybridized carbons (Fsp3) is 0.400. The van der Waals surface area contributed by atoms with Crippen LogP contribution in [-0.2, 0) is 0 Å². The minimum Gasteiger partial charge on any atom is -0.400 e. The molecule has 1 aromatic heterocycles. The zero-order chi connectivity index (χ0) is 5.98. The molecule has 0 spiro atoms. The number of hydrogen-bond donors (Lipinski definition) is 0. The van der Waals surface area contributed by atoms with Gasteiger partial charge in [-0.25, -0.2) is 0 Å².